The second kappa shape index (κ2) is 10.2. The zero-order valence-electron chi connectivity index (χ0n) is 16.9. The van der Waals surface area contributed by atoms with Crippen LogP contribution in [0.2, 0.25) is 0 Å². The van der Waals surface area contributed by atoms with Crippen molar-refractivity contribution < 1.29 is 18.7 Å². The van der Waals surface area contributed by atoms with Gasteiger partial charge in [-0.2, -0.15) is 0 Å². The summed E-state index contributed by atoms with van der Waals surface area (Å²) in [6, 6.07) is 12.6. The Morgan fingerprint density at radius 2 is 1.97 bits per heavy atom. The largest absolute Gasteiger partial charge is 0.494 e. The maximum Gasteiger partial charge on any atom is 0.244 e. The number of amides is 1. The summed E-state index contributed by atoms with van der Waals surface area (Å²) in [7, 11) is 1.42. The van der Waals surface area contributed by atoms with Gasteiger partial charge < -0.3 is 14.8 Å². The van der Waals surface area contributed by atoms with E-state index in [2.05, 4.69) is 10.2 Å². The van der Waals surface area contributed by atoms with E-state index in [0.29, 0.717) is 25.3 Å². The fraction of sp³-hybridized carbons (Fsp3) is 0.348. The molecule has 0 aromatic heterocycles. The van der Waals surface area contributed by atoms with E-state index >= 15 is 0 Å². The van der Waals surface area contributed by atoms with Gasteiger partial charge in [-0.15, -0.1) is 0 Å². The second-order valence-corrected chi connectivity index (χ2v) is 7.11. The molecule has 2 aromatic carbocycles. The molecule has 5 nitrogen and oxygen atoms in total. The summed E-state index contributed by atoms with van der Waals surface area (Å²) < 4.78 is 24.2. The van der Waals surface area contributed by atoms with Gasteiger partial charge in [0.05, 0.1) is 26.4 Å². The molecule has 1 aliphatic heterocycles. The van der Waals surface area contributed by atoms with E-state index in [1.807, 2.05) is 31.2 Å². The summed E-state index contributed by atoms with van der Waals surface area (Å²) in [6.07, 6.45) is 3.03. The predicted octanol–water partition coefficient (Wildman–Crippen LogP) is 3.35. The van der Waals surface area contributed by atoms with Crippen molar-refractivity contribution >= 4 is 12.0 Å². The average molecular weight is 398 g/mol. The van der Waals surface area contributed by atoms with Crippen molar-refractivity contribution in [3.63, 3.8) is 0 Å². The Morgan fingerprint density at radius 3 is 2.62 bits per heavy atom. The monoisotopic (exact) mass is 398 g/mol. The van der Waals surface area contributed by atoms with E-state index in [1.54, 1.807) is 18.2 Å². The minimum absolute atomic E-state index is 0.140. The van der Waals surface area contributed by atoms with Crippen molar-refractivity contribution in [2.24, 2.45) is 0 Å². The molecule has 0 aliphatic carbocycles. The summed E-state index contributed by atoms with van der Waals surface area (Å²) >= 11 is 0. The fourth-order valence-electron chi connectivity index (χ4n) is 3.25. The van der Waals surface area contributed by atoms with Crippen LogP contribution in [0.4, 0.5) is 4.39 Å². The first-order valence-corrected chi connectivity index (χ1v) is 9.74. The van der Waals surface area contributed by atoms with Crippen molar-refractivity contribution in [2.45, 2.75) is 13.0 Å². The lowest BCUT2D eigenvalue weighted by molar-refractivity contribution is -0.117. The number of methoxy groups -OCH3 is 1. The third kappa shape index (κ3) is 6.14. The Balaban J connectivity index is 1.69. The van der Waals surface area contributed by atoms with Crippen molar-refractivity contribution in [1.29, 1.82) is 0 Å². The topological polar surface area (TPSA) is 50.8 Å². The number of ether oxygens (including phenoxy) is 2. The minimum atomic E-state index is -0.458. The van der Waals surface area contributed by atoms with E-state index in [1.165, 1.54) is 24.8 Å². The van der Waals surface area contributed by atoms with Gasteiger partial charge in [0, 0.05) is 25.7 Å². The molecule has 1 saturated heterocycles. The summed E-state index contributed by atoms with van der Waals surface area (Å²) in [4.78, 5) is 14.8. The van der Waals surface area contributed by atoms with Crippen LogP contribution >= 0.6 is 0 Å². The Labute approximate surface area is 171 Å². The molecule has 0 bridgehead atoms. The lowest BCUT2D eigenvalue weighted by Crippen LogP contribution is -2.42. The zero-order chi connectivity index (χ0) is 20.6. The lowest BCUT2D eigenvalue weighted by Gasteiger charge is -2.31. The molecule has 1 amide bonds. The van der Waals surface area contributed by atoms with Crippen LogP contribution < -0.4 is 10.1 Å². The molecule has 0 spiro atoms. The Hall–Kier alpha value is -2.70. The number of carbonyl (C=O) groups is 1. The number of rotatable bonds is 7. The quantitative estimate of drug-likeness (QED) is 0.727. The lowest BCUT2D eigenvalue weighted by atomic mass is 10.0. The van der Waals surface area contributed by atoms with Crippen LogP contribution in [0, 0.1) is 12.7 Å². The molecule has 1 unspecified atom stereocenters. The molecule has 29 heavy (non-hydrogen) atoms. The van der Waals surface area contributed by atoms with Crippen LogP contribution in [0.3, 0.4) is 0 Å². The molecule has 1 fully saturated rings. The number of morpholine rings is 1. The highest BCUT2D eigenvalue weighted by atomic mass is 19.1. The van der Waals surface area contributed by atoms with Crippen LogP contribution in [0.25, 0.3) is 6.08 Å². The minimum Gasteiger partial charge on any atom is -0.494 e. The maximum atomic E-state index is 13.8. The van der Waals surface area contributed by atoms with E-state index in [-0.39, 0.29) is 17.7 Å². The first kappa shape index (κ1) is 21.0. The maximum absolute atomic E-state index is 13.8. The number of carbonyl (C=O) groups excluding carboxylic acids is 1. The van der Waals surface area contributed by atoms with Gasteiger partial charge in [-0.05, 0) is 36.3 Å². The Morgan fingerprint density at radius 1 is 1.24 bits per heavy atom. The fourth-order valence-corrected chi connectivity index (χ4v) is 3.25. The molecule has 1 heterocycles. The van der Waals surface area contributed by atoms with Gasteiger partial charge in [0.25, 0.3) is 0 Å². The first-order valence-electron chi connectivity index (χ1n) is 9.74. The summed E-state index contributed by atoms with van der Waals surface area (Å²) in [6.45, 7) is 5.85. The average Bonchev–Trinajstić information content (AvgIpc) is 2.73. The highest BCUT2D eigenvalue weighted by Crippen LogP contribution is 2.19. The van der Waals surface area contributed by atoms with Gasteiger partial charge in [-0.3, -0.25) is 9.69 Å². The number of halogens is 1. The normalized spacial score (nSPS) is 16.0. The first-order chi connectivity index (χ1) is 14.0. The molecule has 1 atom stereocenters. The second-order valence-electron chi connectivity index (χ2n) is 7.11. The number of nitrogens with one attached hydrogen (secondary N) is 1. The molecule has 0 saturated carbocycles. The van der Waals surface area contributed by atoms with E-state index in [4.69, 9.17) is 9.47 Å². The van der Waals surface area contributed by atoms with Crippen LogP contribution in [0.1, 0.15) is 22.7 Å². The molecule has 3 rings (SSSR count). The van der Waals surface area contributed by atoms with Crippen LogP contribution in [-0.4, -0.2) is 50.8 Å². The SMILES string of the molecule is COc1ccc(/C=C/C(=O)NC(CN2CCOCC2)c2ccc(C)cc2)cc1F. The van der Waals surface area contributed by atoms with Gasteiger partial charge in [0.15, 0.2) is 11.6 Å². The zero-order valence-corrected chi connectivity index (χ0v) is 16.9. The highest BCUT2D eigenvalue weighted by Gasteiger charge is 2.19. The molecular weight excluding hydrogens is 371 g/mol. The molecular formula is C23H27FN2O3. The van der Waals surface area contributed by atoms with Crippen LogP contribution in [0.15, 0.2) is 48.5 Å². The van der Waals surface area contributed by atoms with Crippen molar-refractivity contribution in [3.8, 4) is 5.75 Å². The van der Waals surface area contributed by atoms with Crippen molar-refractivity contribution in [1.82, 2.24) is 10.2 Å². The van der Waals surface area contributed by atoms with Gasteiger partial charge in [-0.1, -0.05) is 35.9 Å². The number of hydrogen-bond acceptors (Lipinski definition) is 4. The van der Waals surface area contributed by atoms with E-state index in [9.17, 15) is 9.18 Å². The van der Waals surface area contributed by atoms with Crippen LogP contribution in [-0.2, 0) is 9.53 Å². The number of hydrogen-bond donors (Lipinski definition) is 1. The number of nitrogens with zero attached hydrogens (tertiary/aromatic N) is 1. The van der Waals surface area contributed by atoms with Crippen molar-refractivity contribution in [3.05, 3.63) is 71.0 Å². The molecule has 6 heteroatoms. The third-order valence-corrected chi connectivity index (χ3v) is 4.94. The molecule has 2 aromatic rings. The summed E-state index contributed by atoms with van der Waals surface area (Å²) in [5, 5.41) is 3.08. The highest BCUT2D eigenvalue weighted by molar-refractivity contribution is 5.92. The van der Waals surface area contributed by atoms with Gasteiger partial charge in [0.1, 0.15) is 0 Å². The smallest absolute Gasteiger partial charge is 0.244 e. The number of aryl methyl sites for hydroxylation is 1. The van der Waals surface area contributed by atoms with Gasteiger partial charge in [0.2, 0.25) is 5.91 Å². The molecule has 1 aliphatic rings. The summed E-state index contributed by atoms with van der Waals surface area (Å²) in [5.41, 5.74) is 2.82. The van der Waals surface area contributed by atoms with Crippen molar-refractivity contribution in [2.75, 3.05) is 40.0 Å². The third-order valence-electron chi connectivity index (χ3n) is 4.94. The van der Waals surface area contributed by atoms with Crippen LogP contribution in [0.5, 0.6) is 5.75 Å². The standard InChI is InChI=1S/C23H27FN2O3/c1-17-3-7-19(8-4-17)21(16-26-11-13-29-14-12-26)25-23(27)10-6-18-5-9-22(28-2)20(24)15-18/h3-10,15,21H,11-14,16H2,1-2H3,(H,25,27)/b10-6+. The Bertz CT molecular complexity index is 846. The van der Waals surface area contributed by atoms with Gasteiger partial charge in [-0.25, -0.2) is 4.39 Å². The Kier molecular flexibility index (Phi) is 7.38. The molecule has 0 radical (unpaired) electrons. The molecule has 1 N–H and O–H groups in total. The molecule has 154 valence electrons. The van der Waals surface area contributed by atoms with E-state index < -0.39 is 5.82 Å². The van der Waals surface area contributed by atoms with E-state index in [0.717, 1.165) is 18.7 Å². The summed E-state index contributed by atoms with van der Waals surface area (Å²) in [5.74, 6) is -0.503. The number of benzene rings is 2. The predicted molar refractivity (Wildman–Crippen MR) is 111 cm³/mol. The van der Waals surface area contributed by atoms with Gasteiger partial charge >= 0.3 is 0 Å².